The molecule has 1 amide bonds. The highest BCUT2D eigenvalue weighted by atomic mass is 19.1. The maximum Gasteiger partial charge on any atom is 0.225 e. The smallest absolute Gasteiger partial charge is 0.225 e. The van der Waals surface area contributed by atoms with E-state index >= 15 is 0 Å². The average Bonchev–Trinajstić information content (AvgIpc) is 3.05. The predicted molar refractivity (Wildman–Crippen MR) is 100 cm³/mol. The largest absolute Gasteiger partial charge is 0.464 e. The predicted octanol–water partition coefficient (Wildman–Crippen LogP) is 5.15. The van der Waals surface area contributed by atoms with E-state index in [1.165, 1.54) is 12.1 Å². The fourth-order valence-electron chi connectivity index (χ4n) is 3.30. The summed E-state index contributed by atoms with van der Waals surface area (Å²) in [5, 5.41) is 6.13. The Labute approximate surface area is 150 Å². The lowest BCUT2D eigenvalue weighted by Crippen LogP contribution is -2.28. The molecule has 3 aromatic carbocycles. The number of carbonyl (C=O) groups excluding carboxylic acids is 1. The zero-order valence-electron chi connectivity index (χ0n) is 14.3. The van der Waals surface area contributed by atoms with Crippen LogP contribution in [0.2, 0.25) is 0 Å². The molecular weight excluding hydrogens is 329 g/mol. The van der Waals surface area contributed by atoms with Crippen molar-refractivity contribution < 1.29 is 13.6 Å². The number of amides is 1. The van der Waals surface area contributed by atoms with Crippen LogP contribution < -0.4 is 5.32 Å². The minimum atomic E-state index is -0.288. The third-order valence-corrected chi connectivity index (χ3v) is 4.64. The van der Waals surface area contributed by atoms with E-state index in [1.807, 2.05) is 43.3 Å². The van der Waals surface area contributed by atoms with Crippen molar-refractivity contribution in [2.75, 3.05) is 0 Å². The summed E-state index contributed by atoms with van der Waals surface area (Å²) in [6, 6.07) is 18.0. The van der Waals surface area contributed by atoms with E-state index in [0.29, 0.717) is 0 Å². The minimum Gasteiger partial charge on any atom is -0.464 e. The number of rotatable bonds is 4. The first kappa shape index (κ1) is 16.3. The molecule has 0 aliphatic rings. The van der Waals surface area contributed by atoms with Gasteiger partial charge in [0, 0.05) is 10.9 Å². The average molecular weight is 347 g/mol. The molecule has 26 heavy (non-hydrogen) atoms. The van der Waals surface area contributed by atoms with Gasteiger partial charge in [0.05, 0.1) is 18.7 Å². The monoisotopic (exact) mass is 347 g/mol. The number of nitrogens with one attached hydrogen (secondary N) is 1. The highest BCUT2D eigenvalue weighted by molar-refractivity contribution is 6.08. The second-order valence-electron chi connectivity index (χ2n) is 6.44. The van der Waals surface area contributed by atoms with Crippen molar-refractivity contribution in [3.05, 3.63) is 83.9 Å². The fraction of sp³-hybridized carbons (Fsp3) is 0.136. The molecule has 0 saturated carbocycles. The Hall–Kier alpha value is -3.14. The van der Waals surface area contributed by atoms with Crippen molar-refractivity contribution >= 4 is 27.6 Å². The summed E-state index contributed by atoms with van der Waals surface area (Å²) in [6.07, 6.45) is 1.88. The third-order valence-electron chi connectivity index (χ3n) is 4.64. The van der Waals surface area contributed by atoms with Crippen molar-refractivity contribution in [2.24, 2.45) is 0 Å². The van der Waals surface area contributed by atoms with Gasteiger partial charge < -0.3 is 9.73 Å². The van der Waals surface area contributed by atoms with Gasteiger partial charge >= 0.3 is 0 Å². The lowest BCUT2D eigenvalue weighted by Gasteiger charge is -2.14. The standard InChI is InChI=1S/C22H18FNO2/c1-14(15-6-9-18(23)10-7-15)24-21(25)12-17-13-26-20-11-8-16-4-2-3-5-19(16)22(17)20/h2-11,13-14H,12H2,1H3,(H,24,25). The molecule has 1 atom stereocenters. The van der Waals surface area contributed by atoms with Gasteiger partial charge in [-0.15, -0.1) is 0 Å². The number of furan rings is 1. The van der Waals surface area contributed by atoms with Crippen LogP contribution in [0.3, 0.4) is 0 Å². The molecule has 1 aromatic heterocycles. The summed E-state index contributed by atoms with van der Waals surface area (Å²) in [7, 11) is 0. The molecule has 4 rings (SSSR count). The molecule has 130 valence electrons. The molecule has 4 heteroatoms. The molecule has 0 fully saturated rings. The normalized spacial score (nSPS) is 12.4. The van der Waals surface area contributed by atoms with Crippen molar-refractivity contribution in [3.63, 3.8) is 0 Å². The Bertz CT molecular complexity index is 1080. The molecule has 4 aromatic rings. The van der Waals surface area contributed by atoms with Crippen molar-refractivity contribution in [2.45, 2.75) is 19.4 Å². The van der Waals surface area contributed by atoms with E-state index in [2.05, 4.69) is 5.32 Å². The quantitative estimate of drug-likeness (QED) is 0.555. The number of hydrogen-bond donors (Lipinski definition) is 1. The SMILES string of the molecule is CC(NC(=O)Cc1coc2ccc3ccccc3c12)c1ccc(F)cc1. The van der Waals surface area contributed by atoms with E-state index < -0.39 is 0 Å². The molecule has 0 aliphatic heterocycles. The van der Waals surface area contributed by atoms with Gasteiger partial charge in [-0.25, -0.2) is 4.39 Å². The molecule has 1 N–H and O–H groups in total. The first-order chi connectivity index (χ1) is 12.6. The highest BCUT2D eigenvalue weighted by Crippen LogP contribution is 2.30. The molecule has 3 nitrogen and oxygen atoms in total. The van der Waals surface area contributed by atoms with Crippen LogP contribution in [0.4, 0.5) is 4.39 Å². The van der Waals surface area contributed by atoms with Crippen LogP contribution in [0, 0.1) is 5.82 Å². The van der Waals surface area contributed by atoms with Crippen molar-refractivity contribution in [1.82, 2.24) is 5.32 Å². The zero-order chi connectivity index (χ0) is 18.1. The fourth-order valence-corrected chi connectivity index (χ4v) is 3.30. The Morgan fingerprint density at radius 1 is 1.08 bits per heavy atom. The van der Waals surface area contributed by atoms with Gasteiger partial charge in [0.1, 0.15) is 11.4 Å². The van der Waals surface area contributed by atoms with Gasteiger partial charge in [-0.3, -0.25) is 4.79 Å². The lowest BCUT2D eigenvalue weighted by atomic mass is 10.0. The second kappa shape index (κ2) is 6.64. The van der Waals surface area contributed by atoms with Crippen LogP contribution >= 0.6 is 0 Å². The Kier molecular flexibility index (Phi) is 4.17. The van der Waals surface area contributed by atoms with Crippen LogP contribution in [-0.2, 0) is 11.2 Å². The molecular formula is C22H18FNO2. The highest BCUT2D eigenvalue weighted by Gasteiger charge is 2.15. The number of halogens is 1. The molecule has 1 heterocycles. The number of carbonyl (C=O) groups is 1. The number of hydrogen-bond acceptors (Lipinski definition) is 2. The minimum absolute atomic E-state index is 0.0996. The Morgan fingerprint density at radius 3 is 2.65 bits per heavy atom. The Balaban J connectivity index is 1.58. The van der Waals surface area contributed by atoms with E-state index in [4.69, 9.17) is 4.42 Å². The second-order valence-corrected chi connectivity index (χ2v) is 6.44. The lowest BCUT2D eigenvalue weighted by molar-refractivity contribution is -0.121. The van der Waals surface area contributed by atoms with E-state index in [0.717, 1.165) is 32.9 Å². The molecule has 0 bridgehead atoms. The molecule has 0 radical (unpaired) electrons. The van der Waals surface area contributed by atoms with Crippen LogP contribution in [0.1, 0.15) is 24.1 Å². The van der Waals surface area contributed by atoms with Crippen molar-refractivity contribution in [1.29, 1.82) is 0 Å². The summed E-state index contributed by atoms with van der Waals surface area (Å²) in [4.78, 5) is 12.5. The zero-order valence-corrected chi connectivity index (χ0v) is 14.3. The van der Waals surface area contributed by atoms with Gasteiger partial charge in [0.25, 0.3) is 0 Å². The van der Waals surface area contributed by atoms with Crippen LogP contribution in [0.5, 0.6) is 0 Å². The maximum atomic E-state index is 13.0. The van der Waals surface area contributed by atoms with E-state index in [1.54, 1.807) is 18.4 Å². The van der Waals surface area contributed by atoms with Gasteiger partial charge in [-0.1, -0.05) is 42.5 Å². The molecule has 0 saturated heterocycles. The van der Waals surface area contributed by atoms with Gasteiger partial charge in [0.15, 0.2) is 0 Å². The Morgan fingerprint density at radius 2 is 1.85 bits per heavy atom. The number of benzene rings is 3. The summed E-state index contributed by atoms with van der Waals surface area (Å²) in [5.74, 6) is -0.388. The summed E-state index contributed by atoms with van der Waals surface area (Å²) in [6.45, 7) is 1.88. The van der Waals surface area contributed by atoms with Gasteiger partial charge in [-0.05, 0) is 41.5 Å². The first-order valence-electron chi connectivity index (χ1n) is 8.54. The topological polar surface area (TPSA) is 42.2 Å². The molecule has 0 spiro atoms. The third kappa shape index (κ3) is 3.06. The van der Waals surface area contributed by atoms with Gasteiger partial charge in [0.2, 0.25) is 5.91 Å². The van der Waals surface area contributed by atoms with Crippen molar-refractivity contribution in [3.8, 4) is 0 Å². The molecule has 0 aliphatic carbocycles. The van der Waals surface area contributed by atoms with Gasteiger partial charge in [-0.2, -0.15) is 0 Å². The number of fused-ring (bicyclic) bond motifs is 3. The van der Waals surface area contributed by atoms with Crippen LogP contribution in [0.15, 0.2) is 71.3 Å². The van der Waals surface area contributed by atoms with E-state index in [9.17, 15) is 9.18 Å². The maximum absolute atomic E-state index is 13.0. The van der Waals surface area contributed by atoms with Crippen LogP contribution in [-0.4, -0.2) is 5.91 Å². The summed E-state index contributed by atoms with van der Waals surface area (Å²) in [5.41, 5.74) is 2.50. The summed E-state index contributed by atoms with van der Waals surface area (Å²) < 4.78 is 18.7. The van der Waals surface area contributed by atoms with E-state index in [-0.39, 0.29) is 24.2 Å². The summed E-state index contributed by atoms with van der Waals surface area (Å²) >= 11 is 0. The molecule has 1 unspecified atom stereocenters. The first-order valence-corrected chi connectivity index (χ1v) is 8.54. The van der Waals surface area contributed by atoms with Crippen LogP contribution in [0.25, 0.3) is 21.7 Å².